The van der Waals surface area contributed by atoms with Crippen molar-refractivity contribution in [3.8, 4) is 0 Å². The van der Waals surface area contributed by atoms with E-state index in [1.807, 2.05) is 13.8 Å². The molecule has 1 aliphatic heterocycles. The zero-order valence-electron chi connectivity index (χ0n) is 13.8. The van der Waals surface area contributed by atoms with Gasteiger partial charge >= 0.3 is 11.9 Å². The molecule has 1 saturated heterocycles. The summed E-state index contributed by atoms with van der Waals surface area (Å²) in [7, 11) is 0. The molecule has 1 unspecified atom stereocenters. The molecule has 0 aromatic heterocycles. The molecule has 1 heterocycles. The van der Waals surface area contributed by atoms with Crippen LogP contribution in [-0.2, 0) is 19.1 Å². The summed E-state index contributed by atoms with van der Waals surface area (Å²) in [6, 6.07) is 0. The highest BCUT2D eigenvalue weighted by atomic mass is 16.7. The molecule has 0 radical (unpaired) electrons. The van der Waals surface area contributed by atoms with Gasteiger partial charge in [0.1, 0.15) is 0 Å². The van der Waals surface area contributed by atoms with E-state index in [1.54, 1.807) is 6.92 Å². The first-order valence-corrected chi connectivity index (χ1v) is 8.04. The van der Waals surface area contributed by atoms with Gasteiger partial charge in [-0.1, -0.05) is 20.8 Å². The van der Waals surface area contributed by atoms with Crippen molar-refractivity contribution in [3.05, 3.63) is 0 Å². The molecule has 0 aromatic rings. The molecule has 6 nitrogen and oxygen atoms in total. The van der Waals surface area contributed by atoms with Gasteiger partial charge in [-0.15, -0.1) is 0 Å². The van der Waals surface area contributed by atoms with Gasteiger partial charge in [0, 0.05) is 6.61 Å². The Balaban J connectivity index is 2.86. The van der Waals surface area contributed by atoms with Crippen molar-refractivity contribution in [1.29, 1.82) is 0 Å². The minimum Gasteiger partial charge on any atom is -0.480 e. The number of carbonyl (C=O) groups is 2. The molecule has 128 valence electrons. The molecule has 0 saturated carbocycles. The summed E-state index contributed by atoms with van der Waals surface area (Å²) in [6.07, 6.45) is 3.32. The molecule has 0 amide bonds. The summed E-state index contributed by atoms with van der Waals surface area (Å²) in [5.74, 6) is -2.58. The Morgan fingerprint density at radius 1 is 1.18 bits per heavy atom. The molecule has 1 fully saturated rings. The zero-order valence-corrected chi connectivity index (χ0v) is 13.8. The van der Waals surface area contributed by atoms with Crippen LogP contribution in [0.5, 0.6) is 0 Å². The average Bonchev–Trinajstić information content (AvgIpc) is 2.51. The minimum atomic E-state index is -1.84. The van der Waals surface area contributed by atoms with Crippen molar-refractivity contribution in [3.63, 3.8) is 0 Å². The van der Waals surface area contributed by atoms with Gasteiger partial charge in [-0.05, 0) is 43.9 Å². The van der Waals surface area contributed by atoms with Crippen LogP contribution in [0.3, 0.4) is 0 Å². The summed E-state index contributed by atoms with van der Waals surface area (Å²) >= 11 is 0. The Morgan fingerprint density at radius 2 is 1.77 bits per heavy atom. The lowest BCUT2D eigenvalue weighted by molar-refractivity contribution is -0.189. The number of hydrogen-bond acceptors (Lipinski definition) is 4. The van der Waals surface area contributed by atoms with Gasteiger partial charge in [0.2, 0.25) is 0 Å². The topological polar surface area (TPSA) is 93.1 Å². The van der Waals surface area contributed by atoms with Crippen molar-refractivity contribution < 1.29 is 29.3 Å². The lowest BCUT2D eigenvalue weighted by atomic mass is 9.59. The second-order valence-corrected chi connectivity index (χ2v) is 6.20. The molecule has 1 rings (SSSR count). The van der Waals surface area contributed by atoms with Crippen LogP contribution in [0, 0.1) is 10.8 Å². The smallest absolute Gasteiger partial charge is 0.321 e. The zero-order chi connectivity index (χ0) is 16.8. The number of aliphatic carboxylic acids is 2. The van der Waals surface area contributed by atoms with Gasteiger partial charge in [0.15, 0.2) is 11.7 Å². The van der Waals surface area contributed by atoms with Crippen LogP contribution in [0.15, 0.2) is 0 Å². The van der Waals surface area contributed by atoms with Gasteiger partial charge in [-0.3, -0.25) is 9.59 Å². The highest BCUT2D eigenvalue weighted by molar-refractivity contribution is 5.99. The third-order valence-corrected chi connectivity index (χ3v) is 5.24. The number of rotatable bonds is 9. The van der Waals surface area contributed by atoms with Crippen molar-refractivity contribution in [1.82, 2.24) is 0 Å². The maximum absolute atomic E-state index is 11.8. The molecule has 1 aliphatic rings. The summed E-state index contributed by atoms with van der Waals surface area (Å²) in [5, 5.41) is 19.3. The fraction of sp³-hybridized carbons (Fsp3) is 0.875. The Labute approximate surface area is 131 Å². The third kappa shape index (κ3) is 3.60. The molecular weight excluding hydrogens is 288 g/mol. The lowest BCUT2D eigenvalue weighted by Gasteiger charge is -2.42. The van der Waals surface area contributed by atoms with E-state index in [0.717, 1.165) is 19.3 Å². The van der Waals surface area contributed by atoms with E-state index in [4.69, 9.17) is 9.47 Å². The first-order chi connectivity index (χ1) is 10.3. The quantitative estimate of drug-likeness (QED) is 0.635. The molecule has 22 heavy (non-hydrogen) atoms. The van der Waals surface area contributed by atoms with Crippen molar-refractivity contribution in [2.45, 2.75) is 65.6 Å². The predicted octanol–water partition coefficient (Wildman–Crippen LogP) is 2.90. The Morgan fingerprint density at radius 3 is 2.18 bits per heavy atom. The SMILES string of the molecule is CCC(C)(CC)C(CCOC1CCCCO1)(C(=O)O)C(=O)O. The van der Waals surface area contributed by atoms with Gasteiger partial charge in [0.25, 0.3) is 0 Å². The normalized spacial score (nSPS) is 19.9. The van der Waals surface area contributed by atoms with E-state index in [-0.39, 0.29) is 19.3 Å². The van der Waals surface area contributed by atoms with Gasteiger partial charge in [-0.25, -0.2) is 0 Å². The average molecular weight is 316 g/mol. The van der Waals surface area contributed by atoms with Gasteiger partial charge in [0.05, 0.1) is 6.61 Å². The Hall–Kier alpha value is -1.14. The molecule has 2 N–H and O–H groups in total. The second kappa shape index (κ2) is 7.92. The maximum atomic E-state index is 11.8. The van der Waals surface area contributed by atoms with Crippen molar-refractivity contribution in [2.75, 3.05) is 13.2 Å². The molecule has 6 heteroatoms. The van der Waals surface area contributed by atoms with Crippen LogP contribution >= 0.6 is 0 Å². The molecule has 0 aliphatic carbocycles. The fourth-order valence-corrected chi connectivity index (χ4v) is 3.16. The highest BCUT2D eigenvalue weighted by Crippen LogP contribution is 2.48. The number of ether oxygens (including phenoxy) is 2. The van der Waals surface area contributed by atoms with Crippen molar-refractivity contribution in [2.24, 2.45) is 10.8 Å². The van der Waals surface area contributed by atoms with Crippen LogP contribution in [0.4, 0.5) is 0 Å². The standard InChI is InChI=1S/C16H28O6/c1-4-15(3,5-2)16(13(17)18,14(19)20)9-11-22-12-8-6-7-10-21-12/h12H,4-11H2,1-3H3,(H,17,18)(H,19,20). The molecule has 1 atom stereocenters. The fourth-order valence-electron chi connectivity index (χ4n) is 3.16. The predicted molar refractivity (Wildman–Crippen MR) is 80.6 cm³/mol. The lowest BCUT2D eigenvalue weighted by Crippen LogP contribution is -2.52. The molecule has 0 spiro atoms. The number of carboxylic acids is 2. The van der Waals surface area contributed by atoms with Crippen molar-refractivity contribution >= 4 is 11.9 Å². The number of carboxylic acid groups (broad SMARTS) is 2. The van der Waals surface area contributed by atoms with Gasteiger partial charge in [-0.2, -0.15) is 0 Å². The van der Waals surface area contributed by atoms with Crippen LogP contribution in [0.25, 0.3) is 0 Å². The molecule has 0 aromatic carbocycles. The van der Waals surface area contributed by atoms with Crippen LogP contribution in [0.1, 0.15) is 59.3 Å². The van der Waals surface area contributed by atoms with E-state index in [1.165, 1.54) is 0 Å². The summed E-state index contributed by atoms with van der Waals surface area (Å²) in [4.78, 5) is 23.7. The molecule has 0 bridgehead atoms. The second-order valence-electron chi connectivity index (χ2n) is 6.20. The largest absolute Gasteiger partial charge is 0.480 e. The summed E-state index contributed by atoms with van der Waals surface area (Å²) < 4.78 is 11.0. The van der Waals surface area contributed by atoms with Crippen LogP contribution in [-0.4, -0.2) is 41.7 Å². The van der Waals surface area contributed by atoms with E-state index in [9.17, 15) is 19.8 Å². The minimum absolute atomic E-state index is 0.0598. The Bertz CT molecular complexity index is 368. The van der Waals surface area contributed by atoms with Gasteiger partial charge < -0.3 is 19.7 Å². The first kappa shape index (κ1) is 18.9. The van der Waals surface area contributed by atoms with Crippen LogP contribution < -0.4 is 0 Å². The Kier molecular flexibility index (Phi) is 6.81. The highest BCUT2D eigenvalue weighted by Gasteiger charge is 2.58. The molecular formula is C16H28O6. The van der Waals surface area contributed by atoms with E-state index in [2.05, 4.69) is 0 Å². The summed E-state index contributed by atoms with van der Waals surface area (Å²) in [5.41, 5.74) is -2.67. The summed E-state index contributed by atoms with van der Waals surface area (Å²) in [6.45, 7) is 6.09. The van der Waals surface area contributed by atoms with E-state index >= 15 is 0 Å². The van der Waals surface area contributed by atoms with E-state index < -0.39 is 22.8 Å². The first-order valence-electron chi connectivity index (χ1n) is 8.04. The van der Waals surface area contributed by atoms with E-state index in [0.29, 0.717) is 19.4 Å². The third-order valence-electron chi connectivity index (χ3n) is 5.24. The monoisotopic (exact) mass is 316 g/mol. The maximum Gasteiger partial charge on any atom is 0.321 e. The number of hydrogen-bond donors (Lipinski definition) is 2. The van der Waals surface area contributed by atoms with Crippen LogP contribution in [0.2, 0.25) is 0 Å².